The van der Waals surface area contributed by atoms with Gasteiger partial charge in [0.1, 0.15) is 0 Å². The van der Waals surface area contributed by atoms with Crippen molar-refractivity contribution in [3.63, 3.8) is 0 Å². The topological polar surface area (TPSA) is 85.5 Å². The van der Waals surface area contributed by atoms with Crippen LogP contribution in [0.15, 0.2) is 0 Å². The number of hydrogen-bond donors (Lipinski definition) is 1. The van der Waals surface area contributed by atoms with Gasteiger partial charge in [-0.1, -0.05) is 0 Å². The molecule has 0 spiro atoms. The maximum atomic E-state index is 13.1. The summed E-state index contributed by atoms with van der Waals surface area (Å²) in [7, 11) is 0. The monoisotopic (exact) mass is 401 g/mol. The second-order valence-corrected chi connectivity index (χ2v) is 9.46. The molecule has 6 heteroatoms. The van der Waals surface area contributed by atoms with Crippen LogP contribution in [0, 0.1) is 37.0 Å². The average Bonchev–Trinajstić information content (AvgIpc) is 2.94. The molecule has 1 aromatic heterocycles. The van der Waals surface area contributed by atoms with E-state index in [1.54, 1.807) is 27.7 Å². The number of H-pyrrole nitrogens is 1. The van der Waals surface area contributed by atoms with Crippen LogP contribution in [-0.4, -0.2) is 35.4 Å². The quantitative estimate of drug-likeness (QED) is 0.572. The summed E-state index contributed by atoms with van der Waals surface area (Å²) in [4.78, 5) is 41.3. The number of ether oxygens (including phenoxy) is 2. The van der Waals surface area contributed by atoms with E-state index < -0.39 is 12.1 Å². The van der Waals surface area contributed by atoms with Crippen molar-refractivity contribution in [3.05, 3.63) is 22.5 Å². The highest BCUT2D eigenvalue weighted by Crippen LogP contribution is 2.60. The van der Waals surface area contributed by atoms with Crippen LogP contribution in [0.25, 0.3) is 0 Å². The number of esters is 2. The first-order valence-corrected chi connectivity index (χ1v) is 10.9. The van der Waals surface area contributed by atoms with Crippen LogP contribution < -0.4 is 0 Å². The zero-order chi connectivity index (χ0) is 20.9. The molecule has 29 heavy (non-hydrogen) atoms. The van der Waals surface area contributed by atoms with Crippen molar-refractivity contribution in [3.8, 4) is 0 Å². The number of Topliss-reactive ketones (excluding diaryl/α,β-unsaturated/α-hetero) is 1. The molecule has 5 rings (SSSR count). The molecule has 0 amide bonds. The van der Waals surface area contributed by atoms with Crippen LogP contribution in [0.4, 0.5) is 0 Å². The van der Waals surface area contributed by atoms with Gasteiger partial charge in [-0.05, 0) is 89.5 Å². The molecule has 0 unspecified atom stereocenters. The number of hydrogen-bond acceptors (Lipinski definition) is 5. The standard InChI is InChI=1S/C23H31NO5/c1-5-28-21(26)18-12(2)19(24-13(18)3)20(25)14(4)29-22(27)23-9-15-6-16(10-23)8-17(7-15)11-23/h14-17,24H,5-11H2,1-4H3/t14-,15?,16?,17?,23?/m0/s1. The van der Waals surface area contributed by atoms with Crippen molar-refractivity contribution in [1.82, 2.24) is 4.98 Å². The molecule has 4 bridgehead atoms. The Morgan fingerprint density at radius 1 is 1.07 bits per heavy atom. The smallest absolute Gasteiger partial charge is 0.340 e. The third-order valence-electron chi connectivity index (χ3n) is 7.29. The number of aryl methyl sites for hydroxylation is 1. The van der Waals surface area contributed by atoms with Crippen molar-refractivity contribution < 1.29 is 23.9 Å². The predicted octanol–water partition coefficient (Wildman–Crippen LogP) is 4.14. The molecular formula is C23H31NO5. The molecule has 1 atom stereocenters. The van der Waals surface area contributed by atoms with Crippen molar-refractivity contribution in [2.45, 2.75) is 72.3 Å². The van der Waals surface area contributed by atoms with E-state index in [4.69, 9.17) is 9.47 Å². The third kappa shape index (κ3) is 3.40. The normalized spacial score (nSPS) is 30.8. The lowest BCUT2D eigenvalue weighted by Crippen LogP contribution is -2.51. The first-order chi connectivity index (χ1) is 13.7. The van der Waals surface area contributed by atoms with Crippen LogP contribution >= 0.6 is 0 Å². The summed E-state index contributed by atoms with van der Waals surface area (Å²) in [6, 6.07) is 0. The molecule has 0 aliphatic heterocycles. The Morgan fingerprint density at radius 3 is 2.14 bits per heavy atom. The summed E-state index contributed by atoms with van der Waals surface area (Å²) < 4.78 is 10.8. The lowest BCUT2D eigenvalue weighted by atomic mass is 9.49. The van der Waals surface area contributed by atoms with E-state index in [1.165, 1.54) is 19.3 Å². The number of rotatable bonds is 6. The Labute approximate surface area is 171 Å². The minimum Gasteiger partial charge on any atom is -0.462 e. The number of carbonyl (C=O) groups excluding carboxylic acids is 3. The summed E-state index contributed by atoms with van der Waals surface area (Å²) in [5.41, 5.74) is 1.44. The van der Waals surface area contributed by atoms with E-state index >= 15 is 0 Å². The molecule has 6 nitrogen and oxygen atoms in total. The molecular weight excluding hydrogens is 370 g/mol. The van der Waals surface area contributed by atoms with Crippen LogP contribution in [0.2, 0.25) is 0 Å². The van der Waals surface area contributed by atoms with Gasteiger partial charge in [0.2, 0.25) is 5.78 Å². The molecule has 1 heterocycles. The molecule has 0 aromatic carbocycles. The Kier molecular flexibility index (Phi) is 5.07. The van der Waals surface area contributed by atoms with E-state index in [1.807, 2.05) is 0 Å². The van der Waals surface area contributed by atoms with Gasteiger partial charge in [-0.2, -0.15) is 0 Å². The fourth-order valence-corrected chi connectivity index (χ4v) is 6.41. The van der Waals surface area contributed by atoms with Gasteiger partial charge in [-0.25, -0.2) is 4.79 Å². The molecule has 158 valence electrons. The van der Waals surface area contributed by atoms with Gasteiger partial charge in [-0.15, -0.1) is 0 Å². The Morgan fingerprint density at radius 2 is 1.62 bits per heavy atom. The second kappa shape index (κ2) is 7.29. The molecule has 0 radical (unpaired) electrons. The molecule has 1 aromatic rings. The van der Waals surface area contributed by atoms with Gasteiger partial charge in [0.25, 0.3) is 0 Å². The Balaban J connectivity index is 1.48. The summed E-state index contributed by atoms with van der Waals surface area (Å²) in [6.07, 6.45) is 5.59. The fourth-order valence-electron chi connectivity index (χ4n) is 6.41. The number of carbonyl (C=O) groups is 3. The van der Waals surface area contributed by atoms with Gasteiger partial charge in [-0.3, -0.25) is 9.59 Å². The van der Waals surface area contributed by atoms with Gasteiger partial charge >= 0.3 is 11.9 Å². The van der Waals surface area contributed by atoms with Crippen molar-refractivity contribution >= 4 is 17.7 Å². The number of aromatic amines is 1. The summed E-state index contributed by atoms with van der Waals surface area (Å²) in [5.74, 6) is 0.958. The zero-order valence-corrected chi connectivity index (χ0v) is 17.8. The van der Waals surface area contributed by atoms with Crippen LogP contribution in [0.1, 0.15) is 84.5 Å². The van der Waals surface area contributed by atoms with E-state index in [0.29, 0.717) is 40.3 Å². The maximum absolute atomic E-state index is 13.1. The fraction of sp³-hybridized carbons (Fsp3) is 0.696. The van der Waals surface area contributed by atoms with E-state index in [-0.39, 0.29) is 23.8 Å². The molecule has 4 aliphatic rings. The maximum Gasteiger partial charge on any atom is 0.340 e. The highest BCUT2D eigenvalue weighted by Gasteiger charge is 2.55. The van der Waals surface area contributed by atoms with Crippen molar-refractivity contribution in [2.75, 3.05) is 6.61 Å². The Hall–Kier alpha value is -2.11. The lowest BCUT2D eigenvalue weighted by molar-refractivity contribution is -0.174. The number of ketones is 1. The van der Waals surface area contributed by atoms with E-state index in [9.17, 15) is 14.4 Å². The zero-order valence-electron chi connectivity index (χ0n) is 17.8. The minimum atomic E-state index is -0.887. The predicted molar refractivity (Wildman–Crippen MR) is 107 cm³/mol. The average molecular weight is 402 g/mol. The van der Waals surface area contributed by atoms with Gasteiger partial charge in [0.05, 0.1) is 23.3 Å². The van der Waals surface area contributed by atoms with Crippen LogP contribution in [-0.2, 0) is 14.3 Å². The van der Waals surface area contributed by atoms with Crippen molar-refractivity contribution in [2.24, 2.45) is 23.2 Å². The third-order valence-corrected chi connectivity index (χ3v) is 7.29. The first kappa shape index (κ1) is 20.2. The number of nitrogens with one attached hydrogen (secondary N) is 1. The minimum absolute atomic E-state index is 0.205. The lowest BCUT2D eigenvalue weighted by Gasteiger charge is -2.55. The van der Waals surface area contributed by atoms with Crippen LogP contribution in [0.3, 0.4) is 0 Å². The van der Waals surface area contributed by atoms with E-state index in [0.717, 1.165) is 19.3 Å². The van der Waals surface area contributed by atoms with Gasteiger partial charge < -0.3 is 14.5 Å². The Bertz CT molecular complexity index is 816. The van der Waals surface area contributed by atoms with Crippen molar-refractivity contribution in [1.29, 1.82) is 0 Å². The van der Waals surface area contributed by atoms with E-state index in [2.05, 4.69) is 4.98 Å². The first-order valence-electron chi connectivity index (χ1n) is 10.9. The molecule has 4 saturated carbocycles. The van der Waals surface area contributed by atoms with Gasteiger partial charge in [0.15, 0.2) is 6.10 Å². The molecule has 4 fully saturated rings. The SMILES string of the molecule is CCOC(=O)c1c(C)[nH]c(C(=O)[C@H](C)OC(=O)C23CC4CC(CC(C4)C2)C3)c1C. The second-order valence-electron chi connectivity index (χ2n) is 9.46. The molecule has 0 saturated heterocycles. The highest BCUT2D eigenvalue weighted by molar-refractivity contribution is 6.04. The molecule has 4 aliphatic carbocycles. The molecule has 1 N–H and O–H groups in total. The van der Waals surface area contributed by atoms with Crippen LogP contribution in [0.5, 0.6) is 0 Å². The van der Waals surface area contributed by atoms with Gasteiger partial charge in [0, 0.05) is 5.69 Å². The summed E-state index contributed by atoms with van der Waals surface area (Å²) in [5, 5.41) is 0. The summed E-state index contributed by atoms with van der Waals surface area (Å²) in [6.45, 7) is 7.09. The highest BCUT2D eigenvalue weighted by atomic mass is 16.5. The summed E-state index contributed by atoms with van der Waals surface area (Å²) >= 11 is 0. The number of aromatic nitrogens is 1. The largest absolute Gasteiger partial charge is 0.462 e.